The summed E-state index contributed by atoms with van der Waals surface area (Å²) in [6.45, 7) is 0. The van der Waals surface area contributed by atoms with Gasteiger partial charge in [-0.2, -0.15) is 0 Å². The minimum Gasteiger partial charge on any atom is -0.481 e. The first kappa shape index (κ1) is 8.81. The van der Waals surface area contributed by atoms with Gasteiger partial charge in [0, 0.05) is 11.8 Å². The van der Waals surface area contributed by atoms with Crippen LogP contribution < -0.4 is 0 Å². The van der Waals surface area contributed by atoms with Crippen molar-refractivity contribution >= 4 is 16.9 Å². The smallest absolute Gasteiger partial charge is 0.303 e. The van der Waals surface area contributed by atoms with Crippen LogP contribution in [0.1, 0.15) is 12.0 Å². The molecular formula is C11H10O3. The molecule has 0 saturated carbocycles. The number of rotatable bonds is 3. The van der Waals surface area contributed by atoms with Crippen LogP contribution in [-0.4, -0.2) is 11.1 Å². The van der Waals surface area contributed by atoms with Crippen molar-refractivity contribution in [3.05, 3.63) is 36.1 Å². The number of benzene rings is 1. The molecular weight excluding hydrogens is 180 g/mol. The van der Waals surface area contributed by atoms with E-state index in [1.807, 2.05) is 24.3 Å². The fourth-order valence-electron chi connectivity index (χ4n) is 1.47. The molecule has 3 heteroatoms. The van der Waals surface area contributed by atoms with Crippen LogP contribution in [0.2, 0.25) is 0 Å². The summed E-state index contributed by atoms with van der Waals surface area (Å²) in [6.07, 6.45) is 2.30. The van der Waals surface area contributed by atoms with Gasteiger partial charge < -0.3 is 9.52 Å². The Balaban J connectivity index is 2.29. The number of para-hydroxylation sites is 1. The zero-order valence-electron chi connectivity index (χ0n) is 7.56. The second kappa shape index (κ2) is 3.54. The number of aliphatic carboxylic acids is 1. The lowest BCUT2D eigenvalue weighted by molar-refractivity contribution is -0.136. The highest BCUT2D eigenvalue weighted by atomic mass is 16.4. The van der Waals surface area contributed by atoms with Crippen molar-refractivity contribution in [2.45, 2.75) is 12.8 Å². The first-order chi connectivity index (χ1) is 6.77. The highest BCUT2D eigenvalue weighted by Gasteiger charge is 2.06. The maximum atomic E-state index is 10.4. The molecule has 2 rings (SSSR count). The molecule has 14 heavy (non-hydrogen) atoms. The van der Waals surface area contributed by atoms with Crippen molar-refractivity contribution in [3.8, 4) is 0 Å². The second-order valence-corrected chi connectivity index (χ2v) is 3.15. The minimum absolute atomic E-state index is 0.142. The van der Waals surface area contributed by atoms with Crippen molar-refractivity contribution < 1.29 is 14.3 Å². The molecule has 0 radical (unpaired) electrons. The highest BCUT2D eigenvalue weighted by Crippen LogP contribution is 2.21. The van der Waals surface area contributed by atoms with E-state index < -0.39 is 5.97 Å². The molecule has 0 spiro atoms. The Bertz CT molecular complexity index is 456. The highest BCUT2D eigenvalue weighted by molar-refractivity contribution is 5.81. The summed E-state index contributed by atoms with van der Waals surface area (Å²) >= 11 is 0. The standard InChI is InChI=1S/C11H10O3/c12-11(13)6-5-8-7-14-10-4-2-1-3-9(8)10/h1-4,7H,5-6H2,(H,12,13). The summed E-state index contributed by atoms with van der Waals surface area (Å²) < 4.78 is 5.29. The summed E-state index contributed by atoms with van der Waals surface area (Å²) in [5, 5.41) is 9.56. The van der Waals surface area contributed by atoms with Gasteiger partial charge >= 0.3 is 5.97 Å². The van der Waals surface area contributed by atoms with E-state index in [0.29, 0.717) is 6.42 Å². The third-order valence-electron chi connectivity index (χ3n) is 2.17. The zero-order valence-corrected chi connectivity index (χ0v) is 7.56. The Morgan fingerprint density at radius 3 is 2.93 bits per heavy atom. The Hall–Kier alpha value is -1.77. The largest absolute Gasteiger partial charge is 0.481 e. The van der Waals surface area contributed by atoms with Gasteiger partial charge in [-0.1, -0.05) is 18.2 Å². The predicted molar refractivity (Wildman–Crippen MR) is 52.2 cm³/mol. The van der Waals surface area contributed by atoms with E-state index >= 15 is 0 Å². The van der Waals surface area contributed by atoms with Crippen LogP contribution in [0.15, 0.2) is 34.9 Å². The Labute approximate surface area is 81.0 Å². The minimum atomic E-state index is -0.782. The summed E-state index contributed by atoms with van der Waals surface area (Å²) in [6, 6.07) is 7.63. The van der Waals surface area contributed by atoms with E-state index in [1.54, 1.807) is 6.26 Å². The second-order valence-electron chi connectivity index (χ2n) is 3.15. The van der Waals surface area contributed by atoms with Gasteiger partial charge in [-0.3, -0.25) is 4.79 Å². The molecule has 0 unspecified atom stereocenters. The quantitative estimate of drug-likeness (QED) is 0.808. The van der Waals surface area contributed by atoms with Gasteiger partial charge in [-0.15, -0.1) is 0 Å². The molecule has 0 aliphatic rings. The molecule has 1 aromatic heterocycles. The molecule has 72 valence electrons. The normalized spacial score (nSPS) is 10.6. The number of hydrogen-bond acceptors (Lipinski definition) is 2. The lowest BCUT2D eigenvalue weighted by atomic mass is 10.1. The average Bonchev–Trinajstić information content (AvgIpc) is 2.58. The molecule has 0 bridgehead atoms. The average molecular weight is 190 g/mol. The van der Waals surface area contributed by atoms with E-state index in [-0.39, 0.29) is 6.42 Å². The van der Waals surface area contributed by atoms with Crippen LogP contribution in [0, 0.1) is 0 Å². The number of aryl methyl sites for hydroxylation is 1. The van der Waals surface area contributed by atoms with Crippen LogP contribution in [0.25, 0.3) is 11.0 Å². The molecule has 3 nitrogen and oxygen atoms in total. The predicted octanol–water partition coefficient (Wildman–Crippen LogP) is 2.45. The fourth-order valence-corrected chi connectivity index (χ4v) is 1.47. The van der Waals surface area contributed by atoms with Gasteiger partial charge in [-0.05, 0) is 18.1 Å². The lowest BCUT2D eigenvalue weighted by Gasteiger charge is -1.93. The fraction of sp³-hybridized carbons (Fsp3) is 0.182. The van der Waals surface area contributed by atoms with Crippen LogP contribution >= 0.6 is 0 Å². The molecule has 2 aromatic rings. The van der Waals surface area contributed by atoms with Gasteiger partial charge in [0.15, 0.2) is 0 Å². The van der Waals surface area contributed by atoms with Crippen LogP contribution in [0.4, 0.5) is 0 Å². The van der Waals surface area contributed by atoms with E-state index in [9.17, 15) is 4.79 Å². The first-order valence-electron chi connectivity index (χ1n) is 4.44. The van der Waals surface area contributed by atoms with Gasteiger partial charge in [-0.25, -0.2) is 0 Å². The van der Waals surface area contributed by atoms with Crippen molar-refractivity contribution in [1.29, 1.82) is 0 Å². The monoisotopic (exact) mass is 190 g/mol. The third-order valence-corrected chi connectivity index (χ3v) is 2.17. The van der Waals surface area contributed by atoms with Crippen molar-refractivity contribution in [2.75, 3.05) is 0 Å². The van der Waals surface area contributed by atoms with Crippen LogP contribution in [0.3, 0.4) is 0 Å². The Kier molecular flexibility index (Phi) is 2.23. The molecule has 0 aliphatic heterocycles. The van der Waals surface area contributed by atoms with E-state index in [0.717, 1.165) is 16.5 Å². The maximum absolute atomic E-state index is 10.4. The lowest BCUT2D eigenvalue weighted by Crippen LogP contribution is -1.96. The maximum Gasteiger partial charge on any atom is 0.303 e. The summed E-state index contributed by atoms with van der Waals surface area (Å²) in [5.41, 5.74) is 1.77. The molecule has 1 N–H and O–H groups in total. The van der Waals surface area contributed by atoms with Crippen molar-refractivity contribution in [1.82, 2.24) is 0 Å². The van der Waals surface area contributed by atoms with E-state index in [4.69, 9.17) is 9.52 Å². The Morgan fingerprint density at radius 2 is 2.14 bits per heavy atom. The SMILES string of the molecule is O=C(O)CCc1coc2ccccc12. The third kappa shape index (κ3) is 1.62. The molecule has 0 aliphatic carbocycles. The van der Waals surface area contributed by atoms with Gasteiger partial charge in [0.05, 0.1) is 6.26 Å². The molecule has 0 saturated heterocycles. The van der Waals surface area contributed by atoms with Crippen LogP contribution in [-0.2, 0) is 11.2 Å². The van der Waals surface area contributed by atoms with Crippen molar-refractivity contribution in [3.63, 3.8) is 0 Å². The van der Waals surface area contributed by atoms with Crippen LogP contribution in [0.5, 0.6) is 0 Å². The van der Waals surface area contributed by atoms with Crippen molar-refractivity contribution in [2.24, 2.45) is 0 Å². The molecule has 0 amide bonds. The molecule has 1 aromatic carbocycles. The number of carboxylic acid groups (broad SMARTS) is 1. The van der Waals surface area contributed by atoms with Gasteiger partial charge in [0.1, 0.15) is 5.58 Å². The number of hydrogen-bond donors (Lipinski definition) is 1. The first-order valence-corrected chi connectivity index (χ1v) is 4.44. The molecule has 1 heterocycles. The van der Waals surface area contributed by atoms with E-state index in [2.05, 4.69) is 0 Å². The summed E-state index contributed by atoms with van der Waals surface area (Å²) in [4.78, 5) is 10.4. The van der Waals surface area contributed by atoms with E-state index in [1.165, 1.54) is 0 Å². The summed E-state index contributed by atoms with van der Waals surface area (Å²) in [7, 11) is 0. The number of carboxylic acids is 1. The van der Waals surface area contributed by atoms with Gasteiger partial charge in [0.2, 0.25) is 0 Å². The summed E-state index contributed by atoms with van der Waals surface area (Å²) in [5.74, 6) is -0.782. The Morgan fingerprint density at radius 1 is 1.36 bits per heavy atom. The number of carbonyl (C=O) groups is 1. The topological polar surface area (TPSA) is 50.4 Å². The zero-order chi connectivity index (χ0) is 9.97. The number of furan rings is 1. The number of fused-ring (bicyclic) bond motifs is 1. The molecule has 0 atom stereocenters. The van der Waals surface area contributed by atoms with Gasteiger partial charge in [0.25, 0.3) is 0 Å². The molecule has 0 fully saturated rings.